The zero-order valence-electron chi connectivity index (χ0n) is 12.7. The summed E-state index contributed by atoms with van der Waals surface area (Å²) in [5.74, 6) is -1.40. The minimum Gasteiger partial charge on any atom is -0.481 e. The van der Waals surface area contributed by atoms with Crippen molar-refractivity contribution in [3.63, 3.8) is 0 Å². The third kappa shape index (κ3) is 4.27. The Hall–Kier alpha value is -1.96. The van der Waals surface area contributed by atoms with Gasteiger partial charge in [0, 0.05) is 39.6 Å². The molecular formula is C14H21N3O5. The molecule has 2 heterocycles. The molecule has 0 spiro atoms. The van der Waals surface area contributed by atoms with Crippen molar-refractivity contribution in [3.8, 4) is 0 Å². The molecular weight excluding hydrogens is 290 g/mol. The van der Waals surface area contributed by atoms with E-state index in [-0.39, 0.29) is 43.7 Å². The van der Waals surface area contributed by atoms with Gasteiger partial charge in [0.05, 0.1) is 12.5 Å². The second-order valence-corrected chi connectivity index (χ2v) is 5.49. The number of ether oxygens (including phenoxy) is 1. The number of rotatable bonds is 6. The van der Waals surface area contributed by atoms with E-state index in [0.717, 1.165) is 17.9 Å². The number of carbonyl (C=O) groups is 3. The van der Waals surface area contributed by atoms with E-state index in [1.165, 1.54) is 11.9 Å². The van der Waals surface area contributed by atoms with Crippen LogP contribution in [-0.2, 0) is 19.1 Å². The molecule has 0 aliphatic carbocycles. The molecule has 1 unspecified atom stereocenters. The lowest BCUT2D eigenvalue weighted by molar-refractivity contribution is -0.138. The molecule has 8 nitrogen and oxygen atoms in total. The molecule has 0 aromatic heterocycles. The van der Waals surface area contributed by atoms with E-state index >= 15 is 0 Å². The monoisotopic (exact) mass is 311 g/mol. The Morgan fingerprint density at radius 3 is 2.82 bits per heavy atom. The Bertz CT molecular complexity index is 485. The van der Waals surface area contributed by atoms with Crippen molar-refractivity contribution in [2.75, 3.05) is 26.7 Å². The number of hydrogen-bond donors (Lipinski definition) is 1. The molecule has 1 saturated heterocycles. The minimum atomic E-state index is -0.956. The van der Waals surface area contributed by atoms with Gasteiger partial charge in [0.25, 0.3) is 5.91 Å². The van der Waals surface area contributed by atoms with Gasteiger partial charge in [-0.25, -0.2) is 5.01 Å². The number of amides is 2. The van der Waals surface area contributed by atoms with Gasteiger partial charge < -0.3 is 14.7 Å². The van der Waals surface area contributed by atoms with Gasteiger partial charge in [-0.05, 0) is 12.8 Å². The summed E-state index contributed by atoms with van der Waals surface area (Å²) in [6.07, 6.45) is 2.16. The zero-order chi connectivity index (χ0) is 16.1. The van der Waals surface area contributed by atoms with Crippen molar-refractivity contribution in [2.45, 2.75) is 38.2 Å². The molecule has 0 aromatic rings. The third-order valence-electron chi connectivity index (χ3n) is 3.78. The number of hydrazone groups is 1. The summed E-state index contributed by atoms with van der Waals surface area (Å²) in [7, 11) is 1.51. The lowest BCUT2D eigenvalue weighted by Crippen LogP contribution is -2.44. The topological polar surface area (TPSA) is 99.5 Å². The Labute approximate surface area is 128 Å². The Kier molecular flexibility index (Phi) is 5.48. The first-order chi connectivity index (χ1) is 10.5. The van der Waals surface area contributed by atoms with Crippen LogP contribution in [0.5, 0.6) is 0 Å². The number of carbonyl (C=O) groups excluding carboxylic acids is 2. The Morgan fingerprint density at radius 1 is 1.45 bits per heavy atom. The number of aliphatic carboxylic acids is 1. The van der Waals surface area contributed by atoms with E-state index in [1.807, 2.05) is 0 Å². The summed E-state index contributed by atoms with van der Waals surface area (Å²) in [4.78, 5) is 36.2. The molecule has 2 aliphatic heterocycles. The van der Waals surface area contributed by atoms with Gasteiger partial charge in [0.1, 0.15) is 5.71 Å². The summed E-state index contributed by atoms with van der Waals surface area (Å²) in [5, 5.41) is 14.0. The Balaban J connectivity index is 2.05. The summed E-state index contributed by atoms with van der Waals surface area (Å²) < 4.78 is 5.52. The van der Waals surface area contributed by atoms with Gasteiger partial charge >= 0.3 is 5.97 Å². The first kappa shape index (κ1) is 16.4. The van der Waals surface area contributed by atoms with Gasteiger partial charge in [-0.2, -0.15) is 5.10 Å². The molecule has 1 fully saturated rings. The maximum atomic E-state index is 12.6. The van der Waals surface area contributed by atoms with Crippen LogP contribution in [0, 0.1) is 0 Å². The molecule has 0 aromatic carbocycles. The molecule has 0 saturated carbocycles. The van der Waals surface area contributed by atoms with Crippen molar-refractivity contribution in [1.82, 2.24) is 9.91 Å². The molecule has 1 N–H and O–H groups in total. The molecule has 22 heavy (non-hydrogen) atoms. The van der Waals surface area contributed by atoms with Gasteiger partial charge in [-0.15, -0.1) is 0 Å². The minimum absolute atomic E-state index is 0.0544. The Morgan fingerprint density at radius 2 is 2.23 bits per heavy atom. The van der Waals surface area contributed by atoms with Gasteiger partial charge in [-0.3, -0.25) is 14.4 Å². The molecule has 122 valence electrons. The van der Waals surface area contributed by atoms with Crippen molar-refractivity contribution in [1.29, 1.82) is 0 Å². The van der Waals surface area contributed by atoms with Crippen LogP contribution in [0.4, 0.5) is 0 Å². The quantitative estimate of drug-likeness (QED) is 0.748. The van der Waals surface area contributed by atoms with Gasteiger partial charge in [-0.1, -0.05) is 0 Å². The zero-order valence-corrected chi connectivity index (χ0v) is 12.7. The average molecular weight is 311 g/mol. The van der Waals surface area contributed by atoms with E-state index in [4.69, 9.17) is 9.84 Å². The maximum absolute atomic E-state index is 12.6. The highest BCUT2D eigenvalue weighted by molar-refractivity contribution is 6.39. The number of carboxylic acid groups (broad SMARTS) is 1. The predicted molar refractivity (Wildman–Crippen MR) is 77.2 cm³/mol. The molecule has 0 radical (unpaired) electrons. The van der Waals surface area contributed by atoms with Crippen LogP contribution >= 0.6 is 0 Å². The van der Waals surface area contributed by atoms with Crippen LogP contribution in [-0.4, -0.2) is 71.4 Å². The van der Waals surface area contributed by atoms with Crippen molar-refractivity contribution >= 4 is 23.5 Å². The van der Waals surface area contributed by atoms with E-state index in [0.29, 0.717) is 18.9 Å². The summed E-state index contributed by atoms with van der Waals surface area (Å²) >= 11 is 0. The highest BCUT2D eigenvalue weighted by Crippen LogP contribution is 2.15. The highest BCUT2D eigenvalue weighted by Gasteiger charge is 2.28. The van der Waals surface area contributed by atoms with Crippen LogP contribution in [0.1, 0.15) is 32.1 Å². The summed E-state index contributed by atoms with van der Waals surface area (Å²) in [5.41, 5.74) is 0.297. The largest absolute Gasteiger partial charge is 0.481 e. The van der Waals surface area contributed by atoms with E-state index in [2.05, 4.69) is 5.10 Å². The lowest BCUT2D eigenvalue weighted by Gasteiger charge is -2.27. The van der Waals surface area contributed by atoms with Gasteiger partial charge in [0.15, 0.2) is 0 Å². The fourth-order valence-electron chi connectivity index (χ4n) is 2.55. The highest BCUT2D eigenvalue weighted by atomic mass is 16.5. The van der Waals surface area contributed by atoms with Crippen LogP contribution in [0.3, 0.4) is 0 Å². The standard InChI is InChI=1S/C14H21N3O5/c1-16-12(18)5-4-11(15-16)14(21)17(7-6-13(19)20)9-10-3-2-8-22-10/h10H,2-9H2,1H3,(H,19,20). The number of carboxylic acids is 1. The molecule has 1 atom stereocenters. The average Bonchev–Trinajstić information content (AvgIpc) is 2.98. The fourth-order valence-corrected chi connectivity index (χ4v) is 2.55. The van der Waals surface area contributed by atoms with Crippen LogP contribution in [0.15, 0.2) is 5.10 Å². The van der Waals surface area contributed by atoms with E-state index in [1.54, 1.807) is 0 Å². The molecule has 2 rings (SSSR count). The first-order valence-electron chi connectivity index (χ1n) is 7.44. The van der Waals surface area contributed by atoms with Gasteiger partial charge in [0.2, 0.25) is 5.91 Å². The van der Waals surface area contributed by atoms with Crippen molar-refractivity contribution in [3.05, 3.63) is 0 Å². The van der Waals surface area contributed by atoms with Crippen LogP contribution < -0.4 is 0 Å². The second kappa shape index (κ2) is 7.35. The fraction of sp³-hybridized carbons (Fsp3) is 0.714. The van der Waals surface area contributed by atoms with Crippen LogP contribution in [0.2, 0.25) is 0 Å². The summed E-state index contributed by atoms with van der Waals surface area (Å²) in [6.45, 7) is 1.15. The lowest BCUT2D eigenvalue weighted by atomic mass is 10.1. The first-order valence-corrected chi connectivity index (χ1v) is 7.44. The third-order valence-corrected chi connectivity index (χ3v) is 3.78. The molecule has 8 heteroatoms. The SMILES string of the molecule is CN1N=C(C(=O)N(CCC(=O)O)CC2CCCO2)CCC1=O. The smallest absolute Gasteiger partial charge is 0.305 e. The van der Waals surface area contributed by atoms with E-state index < -0.39 is 5.97 Å². The predicted octanol–water partition coefficient (Wildman–Crippen LogP) is 0.0769. The number of hydrogen-bond acceptors (Lipinski definition) is 5. The number of nitrogens with zero attached hydrogens (tertiary/aromatic N) is 3. The van der Waals surface area contributed by atoms with E-state index in [9.17, 15) is 14.4 Å². The van der Waals surface area contributed by atoms with Crippen LogP contribution in [0.25, 0.3) is 0 Å². The van der Waals surface area contributed by atoms with Crippen molar-refractivity contribution < 1.29 is 24.2 Å². The summed E-state index contributed by atoms with van der Waals surface area (Å²) in [6, 6.07) is 0. The molecule has 2 amide bonds. The van der Waals surface area contributed by atoms with Crippen molar-refractivity contribution in [2.24, 2.45) is 5.10 Å². The maximum Gasteiger partial charge on any atom is 0.305 e. The molecule has 0 bridgehead atoms. The normalized spacial score (nSPS) is 21.7. The second-order valence-electron chi connectivity index (χ2n) is 5.49. The molecule has 2 aliphatic rings.